The molecule has 0 aromatic rings. The zero-order valence-electron chi connectivity index (χ0n) is 12.6. The second-order valence-corrected chi connectivity index (χ2v) is 4.83. The van der Waals surface area contributed by atoms with E-state index in [9.17, 15) is 13.2 Å². The Balaban J connectivity index is 3.76. The molecule has 0 amide bonds. The number of rotatable bonds is 11. The first-order valence-corrected chi connectivity index (χ1v) is 6.60. The molecule has 0 spiro atoms. The largest absolute Gasteiger partial charge is 0.417 e. The summed E-state index contributed by atoms with van der Waals surface area (Å²) in [6, 6.07) is 0. The molecule has 0 saturated carbocycles. The summed E-state index contributed by atoms with van der Waals surface area (Å²) in [4.78, 5) is 0. The van der Waals surface area contributed by atoms with Crippen LogP contribution in [0.4, 0.5) is 13.2 Å². The van der Waals surface area contributed by atoms with Gasteiger partial charge in [0.25, 0.3) is 0 Å². The van der Waals surface area contributed by atoms with Crippen LogP contribution in [0.25, 0.3) is 0 Å². The van der Waals surface area contributed by atoms with Crippen LogP contribution in [0.1, 0.15) is 20.8 Å². The predicted octanol–water partition coefficient (Wildman–Crippen LogP) is 2.66. The van der Waals surface area contributed by atoms with Crippen LogP contribution in [0.3, 0.4) is 0 Å². The highest BCUT2D eigenvalue weighted by Crippen LogP contribution is 2.38. The van der Waals surface area contributed by atoms with Crippen molar-refractivity contribution in [1.29, 1.82) is 0 Å². The number of hydrogen-bond acceptors (Lipinski definition) is 4. The fourth-order valence-corrected chi connectivity index (χ4v) is 1.35. The molecule has 122 valence electrons. The minimum Gasteiger partial charge on any atom is -0.382 e. The van der Waals surface area contributed by atoms with Gasteiger partial charge in [-0.05, 0) is 12.8 Å². The summed E-state index contributed by atoms with van der Waals surface area (Å²) in [5, 5.41) is 0. The lowest BCUT2D eigenvalue weighted by Crippen LogP contribution is -2.49. The van der Waals surface area contributed by atoms with Crippen LogP contribution in [-0.4, -0.2) is 58.5 Å². The Kier molecular flexibility index (Phi) is 9.37. The van der Waals surface area contributed by atoms with Crippen molar-refractivity contribution in [2.24, 2.45) is 5.92 Å². The zero-order chi connectivity index (χ0) is 15.6. The van der Waals surface area contributed by atoms with Gasteiger partial charge >= 0.3 is 6.18 Å². The maximum atomic E-state index is 12.9. The van der Waals surface area contributed by atoms with Gasteiger partial charge in [-0.1, -0.05) is 13.8 Å². The lowest BCUT2D eigenvalue weighted by atomic mass is 9.91. The van der Waals surface area contributed by atoms with E-state index >= 15 is 0 Å². The molecule has 1 atom stereocenters. The number of ether oxygens (including phenoxy) is 4. The summed E-state index contributed by atoms with van der Waals surface area (Å²) < 4.78 is 58.8. The highest BCUT2D eigenvalue weighted by atomic mass is 19.4. The number of alkyl halides is 3. The molecule has 0 heterocycles. The van der Waals surface area contributed by atoms with Crippen molar-refractivity contribution in [1.82, 2.24) is 0 Å². The third-order valence-electron chi connectivity index (χ3n) is 3.10. The Morgan fingerprint density at radius 1 is 0.850 bits per heavy atom. The quantitative estimate of drug-likeness (QED) is 0.550. The molecule has 0 bridgehead atoms. The van der Waals surface area contributed by atoms with E-state index < -0.39 is 17.7 Å². The molecular formula is C13H25F3O4. The molecule has 0 fully saturated rings. The molecule has 0 aliphatic heterocycles. The van der Waals surface area contributed by atoms with Crippen molar-refractivity contribution < 1.29 is 32.1 Å². The van der Waals surface area contributed by atoms with E-state index in [1.165, 1.54) is 13.8 Å². The molecule has 4 nitrogen and oxygen atoms in total. The van der Waals surface area contributed by atoms with Crippen molar-refractivity contribution in [2.75, 3.05) is 46.8 Å². The molecule has 0 N–H and O–H groups in total. The molecule has 1 unspecified atom stereocenters. The summed E-state index contributed by atoms with van der Waals surface area (Å²) in [6.45, 7) is 5.69. The van der Waals surface area contributed by atoms with E-state index in [4.69, 9.17) is 18.9 Å². The average Bonchev–Trinajstić information content (AvgIpc) is 2.34. The first-order valence-electron chi connectivity index (χ1n) is 6.60. The Morgan fingerprint density at radius 3 is 1.70 bits per heavy atom. The topological polar surface area (TPSA) is 36.9 Å². The fraction of sp³-hybridized carbons (Fsp3) is 1.00. The maximum Gasteiger partial charge on any atom is 0.417 e. The normalized spacial score (nSPS) is 15.6. The Hall–Kier alpha value is -0.370. The molecule has 0 radical (unpaired) electrons. The molecule has 20 heavy (non-hydrogen) atoms. The number of methoxy groups -OCH3 is 1. The lowest BCUT2D eigenvalue weighted by Gasteiger charge is -2.35. The summed E-state index contributed by atoms with van der Waals surface area (Å²) in [5.74, 6) is -0.667. The van der Waals surface area contributed by atoms with Gasteiger partial charge < -0.3 is 18.9 Å². The SMILES string of the molecule is COCCOCCOCCOC(C)(C(C)C)C(F)(F)F. The third kappa shape index (κ3) is 6.88. The maximum absolute atomic E-state index is 12.9. The smallest absolute Gasteiger partial charge is 0.382 e. The van der Waals surface area contributed by atoms with E-state index in [0.29, 0.717) is 26.4 Å². The number of halogens is 3. The monoisotopic (exact) mass is 302 g/mol. The minimum absolute atomic E-state index is 0.103. The molecule has 7 heteroatoms. The summed E-state index contributed by atoms with van der Waals surface area (Å²) >= 11 is 0. The van der Waals surface area contributed by atoms with Crippen molar-refractivity contribution >= 4 is 0 Å². The van der Waals surface area contributed by atoms with Crippen LogP contribution < -0.4 is 0 Å². The molecule has 0 saturated heterocycles. The molecule has 0 aliphatic carbocycles. The Morgan fingerprint density at radius 2 is 1.30 bits per heavy atom. The highest BCUT2D eigenvalue weighted by Gasteiger charge is 2.54. The Bertz CT molecular complexity index is 246. The average molecular weight is 302 g/mol. The van der Waals surface area contributed by atoms with Crippen LogP contribution >= 0.6 is 0 Å². The van der Waals surface area contributed by atoms with Crippen LogP contribution in [-0.2, 0) is 18.9 Å². The van der Waals surface area contributed by atoms with Gasteiger partial charge in [-0.15, -0.1) is 0 Å². The van der Waals surface area contributed by atoms with Crippen molar-refractivity contribution in [2.45, 2.75) is 32.5 Å². The summed E-state index contributed by atoms with van der Waals surface area (Å²) in [7, 11) is 1.57. The second-order valence-electron chi connectivity index (χ2n) is 4.83. The van der Waals surface area contributed by atoms with Gasteiger partial charge in [0.1, 0.15) is 0 Å². The van der Waals surface area contributed by atoms with Gasteiger partial charge in [0.15, 0.2) is 5.60 Å². The van der Waals surface area contributed by atoms with Gasteiger partial charge in [0, 0.05) is 7.11 Å². The van der Waals surface area contributed by atoms with Crippen LogP contribution in [0, 0.1) is 5.92 Å². The van der Waals surface area contributed by atoms with E-state index in [0.717, 1.165) is 6.92 Å². The second kappa shape index (κ2) is 9.55. The van der Waals surface area contributed by atoms with E-state index in [1.54, 1.807) is 7.11 Å². The lowest BCUT2D eigenvalue weighted by molar-refractivity contribution is -0.288. The van der Waals surface area contributed by atoms with Gasteiger partial charge in [-0.3, -0.25) is 0 Å². The van der Waals surface area contributed by atoms with Gasteiger partial charge in [-0.2, -0.15) is 13.2 Å². The van der Waals surface area contributed by atoms with Gasteiger partial charge in [0.05, 0.1) is 39.6 Å². The highest BCUT2D eigenvalue weighted by molar-refractivity contribution is 4.87. The minimum atomic E-state index is -4.40. The fourth-order valence-electron chi connectivity index (χ4n) is 1.35. The predicted molar refractivity (Wildman–Crippen MR) is 68.8 cm³/mol. The summed E-state index contributed by atoms with van der Waals surface area (Å²) in [6.07, 6.45) is -4.40. The molecule has 0 rings (SSSR count). The van der Waals surface area contributed by atoms with Crippen LogP contribution in [0.5, 0.6) is 0 Å². The molecule has 0 aromatic carbocycles. The Labute approximate surface area is 118 Å². The standard InChI is InChI=1S/C13H25F3O4/c1-11(2)12(3,13(14,15)16)20-10-9-19-8-7-18-6-5-17-4/h11H,5-10H2,1-4H3. The molecular weight excluding hydrogens is 277 g/mol. The first kappa shape index (κ1) is 19.6. The van der Waals surface area contributed by atoms with Gasteiger partial charge in [-0.25, -0.2) is 0 Å². The first-order chi connectivity index (χ1) is 9.25. The van der Waals surface area contributed by atoms with Crippen molar-refractivity contribution in [3.05, 3.63) is 0 Å². The van der Waals surface area contributed by atoms with Crippen molar-refractivity contribution in [3.8, 4) is 0 Å². The van der Waals surface area contributed by atoms with E-state index in [2.05, 4.69) is 0 Å². The summed E-state index contributed by atoms with van der Waals surface area (Å²) in [5.41, 5.74) is -2.15. The molecule has 0 aliphatic rings. The third-order valence-corrected chi connectivity index (χ3v) is 3.10. The van der Waals surface area contributed by atoms with E-state index in [1.807, 2.05) is 0 Å². The van der Waals surface area contributed by atoms with E-state index in [-0.39, 0.29) is 13.2 Å². The van der Waals surface area contributed by atoms with Gasteiger partial charge in [0.2, 0.25) is 0 Å². The van der Waals surface area contributed by atoms with Crippen LogP contribution in [0.2, 0.25) is 0 Å². The van der Waals surface area contributed by atoms with Crippen molar-refractivity contribution in [3.63, 3.8) is 0 Å². The van der Waals surface area contributed by atoms with Crippen LogP contribution in [0.15, 0.2) is 0 Å². The number of hydrogen-bond donors (Lipinski definition) is 0. The molecule has 0 aromatic heterocycles. The zero-order valence-corrected chi connectivity index (χ0v) is 12.6.